The molecular weight excluding hydrogens is 410 g/mol. The molecule has 1 aliphatic rings. The number of hydrogen-bond donors (Lipinski definition) is 1. The van der Waals surface area contributed by atoms with Gasteiger partial charge in [-0.05, 0) is 55.2 Å². The predicted octanol–water partition coefficient (Wildman–Crippen LogP) is 3.69. The zero-order valence-electron chi connectivity index (χ0n) is 17.5. The highest BCUT2D eigenvalue weighted by Gasteiger charge is 2.30. The molecule has 1 amide bonds. The van der Waals surface area contributed by atoms with Crippen LogP contribution in [-0.4, -0.2) is 37.3 Å². The highest BCUT2D eigenvalue weighted by atomic mass is 32.2. The Morgan fingerprint density at radius 3 is 2.42 bits per heavy atom. The van der Waals surface area contributed by atoms with E-state index in [9.17, 15) is 13.2 Å². The van der Waals surface area contributed by atoms with Crippen molar-refractivity contribution in [2.45, 2.75) is 36.7 Å². The molecule has 1 N–H and O–H groups in total. The number of aryl methyl sites for hydroxylation is 1. The Hall–Kier alpha value is -3.03. The molecule has 1 fully saturated rings. The minimum absolute atomic E-state index is 0.000237. The summed E-state index contributed by atoms with van der Waals surface area (Å²) in [7, 11) is -1.93. The van der Waals surface area contributed by atoms with Crippen LogP contribution in [0, 0.1) is 6.92 Å². The van der Waals surface area contributed by atoms with E-state index in [1.54, 1.807) is 30.3 Å². The summed E-state index contributed by atoms with van der Waals surface area (Å²) in [6.45, 7) is 1.81. The molecule has 1 heterocycles. The average molecular weight is 436 g/mol. The molecule has 0 saturated heterocycles. The fourth-order valence-electron chi connectivity index (χ4n) is 3.56. The molecule has 1 saturated carbocycles. The average Bonchev–Trinajstić information content (AvgIpc) is 3.58. The van der Waals surface area contributed by atoms with E-state index in [-0.39, 0.29) is 16.8 Å². The third-order valence-corrected chi connectivity index (χ3v) is 6.96. The van der Waals surface area contributed by atoms with Crippen LogP contribution in [0.5, 0.6) is 0 Å². The zero-order valence-corrected chi connectivity index (χ0v) is 18.3. The Morgan fingerprint density at radius 2 is 1.77 bits per heavy atom. The summed E-state index contributed by atoms with van der Waals surface area (Å²) in [5, 5.41) is 0. The third-order valence-electron chi connectivity index (χ3n) is 5.44. The molecule has 0 radical (unpaired) electrons. The van der Waals surface area contributed by atoms with Crippen molar-refractivity contribution in [1.82, 2.24) is 14.6 Å². The lowest BCUT2D eigenvalue weighted by molar-refractivity contribution is 0.0751. The van der Waals surface area contributed by atoms with Gasteiger partial charge in [-0.25, -0.2) is 13.1 Å². The molecule has 1 aliphatic carbocycles. The molecule has 1 aromatic heterocycles. The number of carbonyl (C=O) groups excluding carboxylic acids is 1. The van der Waals surface area contributed by atoms with Crippen molar-refractivity contribution >= 4 is 15.9 Å². The summed E-state index contributed by atoms with van der Waals surface area (Å²) in [4.78, 5) is 19.7. The molecule has 4 rings (SSSR count). The Bertz CT molecular complexity index is 1140. The molecular formula is C24H25N3O3S. The second-order valence-corrected chi connectivity index (χ2v) is 9.57. The first-order valence-electron chi connectivity index (χ1n) is 10.2. The summed E-state index contributed by atoms with van der Waals surface area (Å²) in [6.07, 6.45) is 3.40. The van der Waals surface area contributed by atoms with Gasteiger partial charge in [-0.1, -0.05) is 42.5 Å². The van der Waals surface area contributed by atoms with Gasteiger partial charge in [0.25, 0.3) is 5.91 Å². The molecule has 3 aromatic rings. The summed E-state index contributed by atoms with van der Waals surface area (Å²) in [5.74, 6) is -0.263. The van der Waals surface area contributed by atoms with Crippen LogP contribution in [0.1, 0.15) is 46.1 Å². The SMILES string of the molecule is Cc1ccc(S(=O)(=O)NC2CC2)cc1C(=O)N(C)C(c1ccccc1)c1ccccn1. The van der Waals surface area contributed by atoms with Crippen LogP contribution in [0.2, 0.25) is 0 Å². The Morgan fingerprint density at radius 1 is 1.06 bits per heavy atom. The van der Waals surface area contributed by atoms with Crippen molar-refractivity contribution in [3.63, 3.8) is 0 Å². The topological polar surface area (TPSA) is 79.4 Å². The van der Waals surface area contributed by atoms with Gasteiger partial charge in [0, 0.05) is 24.8 Å². The van der Waals surface area contributed by atoms with E-state index in [0.29, 0.717) is 5.56 Å². The fraction of sp³-hybridized carbons (Fsp3) is 0.250. The van der Waals surface area contributed by atoms with Gasteiger partial charge in [0.05, 0.1) is 16.6 Å². The first kappa shape index (κ1) is 21.2. The van der Waals surface area contributed by atoms with Crippen molar-refractivity contribution in [2.75, 3.05) is 7.05 Å². The second-order valence-electron chi connectivity index (χ2n) is 7.86. The largest absolute Gasteiger partial charge is 0.329 e. The summed E-state index contributed by atoms with van der Waals surface area (Å²) < 4.78 is 28.0. The van der Waals surface area contributed by atoms with Crippen molar-refractivity contribution < 1.29 is 13.2 Å². The molecule has 0 spiro atoms. The van der Waals surface area contributed by atoms with Crippen LogP contribution < -0.4 is 4.72 Å². The molecule has 2 aromatic carbocycles. The van der Waals surface area contributed by atoms with Crippen LogP contribution in [0.25, 0.3) is 0 Å². The maximum Gasteiger partial charge on any atom is 0.254 e. The van der Waals surface area contributed by atoms with Gasteiger partial charge in [-0.3, -0.25) is 9.78 Å². The normalized spacial score (nSPS) is 14.8. The lowest BCUT2D eigenvalue weighted by atomic mass is 10.00. The second kappa shape index (κ2) is 8.61. The van der Waals surface area contributed by atoms with E-state index in [4.69, 9.17) is 0 Å². The van der Waals surface area contributed by atoms with Gasteiger partial charge in [0.15, 0.2) is 0 Å². The number of amides is 1. The van der Waals surface area contributed by atoms with Gasteiger partial charge in [-0.15, -0.1) is 0 Å². The molecule has 160 valence electrons. The molecule has 1 unspecified atom stereocenters. The Labute approximate surface area is 183 Å². The number of pyridine rings is 1. The molecule has 0 bridgehead atoms. The monoisotopic (exact) mass is 435 g/mol. The Balaban J connectivity index is 1.71. The van der Waals surface area contributed by atoms with Gasteiger partial charge in [-0.2, -0.15) is 0 Å². The maximum absolute atomic E-state index is 13.6. The molecule has 31 heavy (non-hydrogen) atoms. The van der Waals surface area contributed by atoms with Gasteiger partial charge >= 0.3 is 0 Å². The van der Waals surface area contributed by atoms with E-state index < -0.39 is 16.1 Å². The van der Waals surface area contributed by atoms with Gasteiger partial charge in [0.2, 0.25) is 10.0 Å². The zero-order chi connectivity index (χ0) is 22.0. The molecule has 7 heteroatoms. The number of benzene rings is 2. The fourth-order valence-corrected chi connectivity index (χ4v) is 4.89. The standard InChI is InChI=1S/C24H25N3O3S/c1-17-11-14-20(31(29,30)26-19-12-13-19)16-21(17)24(28)27(2)23(18-8-4-3-5-9-18)22-10-6-7-15-25-22/h3-11,14-16,19,23,26H,12-13H2,1-2H3. The highest BCUT2D eigenvalue weighted by Crippen LogP contribution is 2.29. The van der Waals surface area contributed by atoms with Crippen molar-refractivity contribution in [3.8, 4) is 0 Å². The first-order valence-corrected chi connectivity index (χ1v) is 11.7. The number of carbonyl (C=O) groups is 1. The van der Waals surface area contributed by atoms with Crippen LogP contribution in [-0.2, 0) is 10.0 Å². The highest BCUT2D eigenvalue weighted by molar-refractivity contribution is 7.89. The third kappa shape index (κ3) is 4.68. The Kier molecular flexibility index (Phi) is 5.89. The van der Waals surface area contributed by atoms with Gasteiger partial charge < -0.3 is 4.90 Å². The van der Waals surface area contributed by atoms with Gasteiger partial charge in [0.1, 0.15) is 0 Å². The van der Waals surface area contributed by atoms with Crippen LogP contribution in [0.15, 0.2) is 77.8 Å². The molecule has 0 aliphatic heterocycles. The minimum atomic E-state index is -3.65. The lowest BCUT2D eigenvalue weighted by Gasteiger charge is -2.29. The van der Waals surface area contributed by atoms with Crippen molar-refractivity contribution in [2.24, 2.45) is 0 Å². The number of rotatable bonds is 7. The molecule has 6 nitrogen and oxygen atoms in total. The number of nitrogens with zero attached hydrogens (tertiary/aromatic N) is 2. The first-order chi connectivity index (χ1) is 14.9. The number of nitrogens with one attached hydrogen (secondary N) is 1. The van der Waals surface area contributed by atoms with Crippen molar-refractivity contribution in [1.29, 1.82) is 0 Å². The van der Waals surface area contributed by atoms with E-state index >= 15 is 0 Å². The van der Waals surface area contributed by atoms with E-state index in [2.05, 4.69) is 9.71 Å². The maximum atomic E-state index is 13.6. The summed E-state index contributed by atoms with van der Waals surface area (Å²) in [5.41, 5.74) is 2.74. The lowest BCUT2D eigenvalue weighted by Crippen LogP contribution is -2.33. The summed E-state index contributed by atoms with van der Waals surface area (Å²) >= 11 is 0. The smallest absolute Gasteiger partial charge is 0.254 e. The predicted molar refractivity (Wildman–Crippen MR) is 119 cm³/mol. The van der Waals surface area contributed by atoms with E-state index in [1.807, 2.05) is 55.5 Å². The minimum Gasteiger partial charge on any atom is -0.329 e. The van der Waals surface area contributed by atoms with Crippen molar-refractivity contribution in [3.05, 3.63) is 95.3 Å². The van der Waals surface area contributed by atoms with Crippen LogP contribution in [0.4, 0.5) is 0 Å². The number of hydrogen-bond acceptors (Lipinski definition) is 4. The number of sulfonamides is 1. The van der Waals surface area contributed by atoms with E-state index in [1.165, 1.54) is 6.07 Å². The quantitative estimate of drug-likeness (QED) is 0.614. The van der Waals surface area contributed by atoms with Crippen LogP contribution in [0.3, 0.4) is 0 Å². The summed E-state index contributed by atoms with van der Waals surface area (Å²) in [6, 6.07) is 19.6. The molecule has 1 atom stereocenters. The number of aromatic nitrogens is 1. The van der Waals surface area contributed by atoms with Crippen LogP contribution >= 0.6 is 0 Å². The van der Waals surface area contributed by atoms with E-state index in [0.717, 1.165) is 29.7 Å².